The summed E-state index contributed by atoms with van der Waals surface area (Å²) in [7, 11) is 0. The summed E-state index contributed by atoms with van der Waals surface area (Å²) in [6.45, 7) is 5.95. The van der Waals surface area contributed by atoms with Gasteiger partial charge in [-0.2, -0.15) is 0 Å². The molecule has 0 spiro atoms. The van der Waals surface area contributed by atoms with Crippen LogP contribution in [0.3, 0.4) is 0 Å². The molecule has 0 amide bonds. The van der Waals surface area contributed by atoms with Crippen molar-refractivity contribution in [2.45, 2.75) is 64.8 Å². The zero-order valence-electron chi connectivity index (χ0n) is 22.4. The number of pyridine rings is 2. The second-order valence-electron chi connectivity index (χ2n) is 10.00. The summed E-state index contributed by atoms with van der Waals surface area (Å²) in [4.78, 5) is 12.1. The van der Waals surface area contributed by atoms with Crippen LogP contribution in [0.5, 0.6) is 5.75 Å². The Hall–Kier alpha value is -3.54. The van der Waals surface area contributed by atoms with E-state index >= 15 is 0 Å². The van der Waals surface area contributed by atoms with Crippen LogP contribution in [0.1, 0.15) is 65.9 Å². The normalized spacial score (nSPS) is 15.2. The SMILES string of the molecule is CCOc1ccccc1CNCc1cccc(CN(Cc2ccccn2)C2CCCCc3cccnc32)c1. The van der Waals surface area contributed by atoms with Crippen molar-refractivity contribution in [2.75, 3.05) is 6.61 Å². The number of para-hydroxylation sites is 1. The van der Waals surface area contributed by atoms with Gasteiger partial charge in [-0.3, -0.25) is 14.9 Å². The van der Waals surface area contributed by atoms with Crippen molar-refractivity contribution in [3.8, 4) is 5.75 Å². The Kier molecular flexibility index (Phi) is 9.14. The van der Waals surface area contributed by atoms with E-state index in [2.05, 4.69) is 75.9 Å². The average Bonchev–Trinajstić information content (AvgIpc) is 3.17. The molecule has 196 valence electrons. The Balaban J connectivity index is 1.32. The quantitative estimate of drug-likeness (QED) is 0.231. The average molecular weight is 507 g/mol. The first-order chi connectivity index (χ1) is 18.8. The molecule has 1 aliphatic carbocycles. The number of aryl methyl sites for hydroxylation is 1. The predicted molar refractivity (Wildman–Crippen MR) is 153 cm³/mol. The number of hydrogen-bond donors (Lipinski definition) is 1. The van der Waals surface area contributed by atoms with Crippen LogP contribution in [-0.4, -0.2) is 21.5 Å². The summed E-state index contributed by atoms with van der Waals surface area (Å²) in [5.74, 6) is 0.957. The first-order valence-electron chi connectivity index (χ1n) is 13.9. The maximum Gasteiger partial charge on any atom is 0.123 e. The molecule has 0 saturated heterocycles. The van der Waals surface area contributed by atoms with Crippen LogP contribution in [0.25, 0.3) is 0 Å². The van der Waals surface area contributed by atoms with E-state index in [-0.39, 0.29) is 6.04 Å². The van der Waals surface area contributed by atoms with Gasteiger partial charge in [-0.1, -0.05) is 61.0 Å². The van der Waals surface area contributed by atoms with E-state index in [4.69, 9.17) is 9.72 Å². The fourth-order valence-corrected chi connectivity index (χ4v) is 5.44. The first kappa shape index (κ1) is 26.1. The van der Waals surface area contributed by atoms with Crippen LogP contribution in [-0.2, 0) is 32.6 Å². The summed E-state index contributed by atoms with van der Waals surface area (Å²) < 4.78 is 5.79. The van der Waals surface area contributed by atoms with E-state index in [0.29, 0.717) is 6.61 Å². The van der Waals surface area contributed by atoms with Crippen molar-refractivity contribution in [1.82, 2.24) is 20.2 Å². The van der Waals surface area contributed by atoms with Crippen molar-refractivity contribution in [3.63, 3.8) is 0 Å². The van der Waals surface area contributed by atoms with Crippen LogP contribution in [0.2, 0.25) is 0 Å². The molecule has 4 aromatic rings. The Morgan fingerprint density at radius 2 is 1.71 bits per heavy atom. The minimum atomic E-state index is 0.285. The van der Waals surface area contributed by atoms with Crippen molar-refractivity contribution < 1.29 is 4.74 Å². The van der Waals surface area contributed by atoms with Gasteiger partial charge in [0, 0.05) is 44.1 Å². The second-order valence-corrected chi connectivity index (χ2v) is 10.00. The Morgan fingerprint density at radius 1 is 0.842 bits per heavy atom. The minimum absolute atomic E-state index is 0.285. The highest BCUT2D eigenvalue weighted by Crippen LogP contribution is 2.34. The first-order valence-corrected chi connectivity index (χ1v) is 13.9. The molecule has 2 heterocycles. The number of aromatic nitrogens is 2. The third kappa shape index (κ3) is 6.85. The molecule has 38 heavy (non-hydrogen) atoms. The van der Waals surface area contributed by atoms with E-state index in [0.717, 1.165) is 50.5 Å². The van der Waals surface area contributed by atoms with E-state index in [9.17, 15) is 0 Å². The summed E-state index contributed by atoms with van der Waals surface area (Å²) in [6, 6.07) is 28.0. The molecule has 1 atom stereocenters. The summed E-state index contributed by atoms with van der Waals surface area (Å²) in [5.41, 5.74) is 7.52. The molecule has 1 aliphatic rings. The van der Waals surface area contributed by atoms with Gasteiger partial charge in [-0.05, 0) is 67.1 Å². The smallest absolute Gasteiger partial charge is 0.123 e. The molecule has 0 radical (unpaired) electrons. The number of rotatable bonds is 11. The second kappa shape index (κ2) is 13.3. The fourth-order valence-electron chi connectivity index (χ4n) is 5.44. The maximum absolute atomic E-state index is 5.79. The van der Waals surface area contributed by atoms with Crippen molar-refractivity contribution in [3.05, 3.63) is 125 Å². The zero-order valence-corrected chi connectivity index (χ0v) is 22.4. The van der Waals surface area contributed by atoms with E-state index in [1.807, 2.05) is 37.5 Å². The molecule has 2 aromatic heterocycles. The van der Waals surface area contributed by atoms with Gasteiger partial charge in [0.1, 0.15) is 5.75 Å². The molecule has 0 saturated carbocycles. The summed E-state index contributed by atoms with van der Waals surface area (Å²) >= 11 is 0. The highest BCUT2D eigenvalue weighted by Gasteiger charge is 2.26. The third-order valence-electron chi connectivity index (χ3n) is 7.24. The lowest BCUT2D eigenvalue weighted by Gasteiger charge is -2.31. The number of ether oxygens (including phenoxy) is 1. The molecule has 1 unspecified atom stereocenters. The van der Waals surface area contributed by atoms with Gasteiger partial charge in [0.05, 0.1) is 24.0 Å². The van der Waals surface area contributed by atoms with Crippen molar-refractivity contribution in [2.24, 2.45) is 0 Å². The molecule has 2 aromatic carbocycles. The molecular formula is C33H38N4O. The highest BCUT2D eigenvalue weighted by molar-refractivity contribution is 5.33. The van der Waals surface area contributed by atoms with Gasteiger partial charge in [-0.15, -0.1) is 0 Å². The fraction of sp³-hybridized carbons (Fsp3) is 0.333. The number of benzene rings is 2. The Bertz CT molecular complexity index is 1290. The Labute approximate surface area is 226 Å². The summed E-state index contributed by atoms with van der Waals surface area (Å²) in [5, 5.41) is 3.61. The van der Waals surface area contributed by atoms with Gasteiger partial charge in [0.25, 0.3) is 0 Å². The standard InChI is InChI=1S/C33H38N4O/c1-2-38-32-18-6-4-14-29(32)23-34-22-26-11-9-12-27(21-26)24-37(25-30-16-7-8-19-35-30)31-17-5-3-13-28-15-10-20-36-33(28)31/h4,6-12,14-16,18-21,31,34H,2-3,5,13,17,22-25H2,1H3. The zero-order chi connectivity index (χ0) is 26.0. The maximum atomic E-state index is 5.79. The van der Waals surface area contributed by atoms with Crippen LogP contribution >= 0.6 is 0 Å². The molecule has 1 N–H and O–H groups in total. The lowest BCUT2D eigenvalue weighted by molar-refractivity contribution is 0.163. The predicted octanol–water partition coefficient (Wildman–Crippen LogP) is 6.64. The molecule has 5 nitrogen and oxygen atoms in total. The molecule has 0 fully saturated rings. The van der Waals surface area contributed by atoms with Crippen molar-refractivity contribution in [1.29, 1.82) is 0 Å². The number of fused-ring (bicyclic) bond motifs is 1. The third-order valence-corrected chi connectivity index (χ3v) is 7.24. The molecule has 5 heteroatoms. The largest absolute Gasteiger partial charge is 0.494 e. The number of nitrogens with one attached hydrogen (secondary N) is 1. The minimum Gasteiger partial charge on any atom is -0.494 e. The summed E-state index contributed by atoms with van der Waals surface area (Å²) in [6.07, 6.45) is 8.52. The number of hydrogen-bond acceptors (Lipinski definition) is 5. The number of nitrogens with zero attached hydrogens (tertiary/aromatic N) is 3. The van der Waals surface area contributed by atoms with E-state index < -0.39 is 0 Å². The van der Waals surface area contributed by atoms with Crippen LogP contribution in [0, 0.1) is 0 Å². The highest BCUT2D eigenvalue weighted by atomic mass is 16.5. The molecule has 0 bridgehead atoms. The Morgan fingerprint density at radius 3 is 2.61 bits per heavy atom. The monoisotopic (exact) mass is 506 g/mol. The van der Waals surface area contributed by atoms with Crippen molar-refractivity contribution >= 4 is 0 Å². The van der Waals surface area contributed by atoms with E-state index in [1.54, 1.807) is 0 Å². The van der Waals surface area contributed by atoms with Crippen LogP contribution in [0.4, 0.5) is 0 Å². The van der Waals surface area contributed by atoms with E-state index in [1.165, 1.54) is 40.8 Å². The van der Waals surface area contributed by atoms with Gasteiger partial charge < -0.3 is 10.1 Å². The molecule has 5 rings (SSSR count). The molecule has 0 aliphatic heterocycles. The lowest BCUT2D eigenvalue weighted by atomic mass is 10.0. The topological polar surface area (TPSA) is 50.3 Å². The van der Waals surface area contributed by atoms with Gasteiger partial charge in [0.15, 0.2) is 0 Å². The van der Waals surface area contributed by atoms with Crippen LogP contribution in [0.15, 0.2) is 91.3 Å². The van der Waals surface area contributed by atoms with Crippen LogP contribution < -0.4 is 10.1 Å². The van der Waals surface area contributed by atoms with Gasteiger partial charge >= 0.3 is 0 Å². The van der Waals surface area contributed by atoms with Gasteiger partial charge in [-0.25, -0.2) is 0 Å². The van der Waals surface area contributed by atoms with Gasteiger partial charge in [0.2, 0.25) is 0 Å². The lowest BCUT2D eigenvalue weighted by Crippen LogP contribution is -2.29. The molecular weight excluding hydrogens is 468 g/mol.